The van der Waals surface area contributed by atoms with E-state index in [0.717, 1.165) is 16.9 Å². The molecule has 6 nitrogen and oxygen atoms in total. The lowest BCUT2D eigenvalue weighted by Gasteiger charge is -2.22. The quantitative estimate of drug-likeness (QED) is 0.807. The van der Waals surface area contributed by atoms with Gasteiger partial charge in [0.2, 0.25) is 5.91 Å². The summed E-state index contributed by atoms with van der Waals surface area (Å²) in [5.41, 5.74) is 0.823. The average Bonchev–Trinajstić information content (AvgIpc) is 3.23. The van der Waals surface area contributed by atoms with Gasteiger partial charge in [-0.2, -0.15) is 4.31 Å². The Kier molecular flexibility index (Phi) is 5.33. The number of phenolic OH excluding ortho intramolecular Hbond substituents is 1. The normalized spacial score (nSPS) is 18.4. The third kappa shape index (κ3) is 3.98. The lowest BCUT2D eigenvalue weighted by Crippen LogP contribution is -2.45. The second kappa shape index (κ2) is 7.33. The van der Waals surface area contributed by atoms with E-state index in [1.54, 1.807) is 12.1 Å². The molecule has 2 aromatic rings. The molecule has 1 atom stereocenters. The molecule has 3 rings (SSSR count). The summed E-state index contributed by atoms with van der Waals surface area (Å²) in [4.78, 5) is 12.5. The van der Waals surface area contributed by atoms with Gasteiger partial charge in [0.05, 0.1) is 4.34 Å². The summed E-state index contributed by atoms with van der Waals surface area (Å²) in [5.74, 6) is -0.172. The molecular formula is C16H17ClN2O4S2. The SMILES string of the molecule is O=C(NCc1ccc(O)cc1)[C@@H]1CCCN1S(=O)(=O)c1ccc(Cl)s1. The van der Waals surface area contributed by atoms with Crippen molar-refractivity contribution >= 4 is 38.9 Å². The Morgan fingerprint density at radius 1 is 1.28 bits per heavy atom. The van der Waals surface area contributed by atoms with Crippen LogP contribution in [-0.4, -0.2) is 36.3 Å². The maximum atomic E-state index is 12.7. The third-order valence-corrected chi connectivity index (χ3v) is 7.63. The van der Waals surface area contributed by atoms with Crippen LogP contribution in [0.5, 0.6) is 5.75 Å². The highest BCUT2D eigenvalue weighted by Gasteiger charge is 2.39. The number of halogens is 1. The minimum atomic E-state index is -3.73. The second-order valence-electron chi connectivity index (χ2n) is 5.72. The molecule has 25 heavy (non-hydrogen) atoms. The average molecular weight is 401 g/mol. The third-order valence-electron chi connectivity index (χ3n) is 4.02. The Balaban J connectivity index is 1.70. The summed E-state index contributed by atoms with van der Waals surface area (Å²) in [5, 5.41) is 12.0. The molecular weight excluding hydrogens is 384 g/mol. The molecule has 0 radical (unpaired) electrons. The number of carbonyl (C=O) groups excluding carboxylic acids is 1. The van der Waals surface area contributed by atoms with Crippen LogP contribution in [0.1, 0.15) is 18.4 Å². The first-order valence-corrected chi connectivity index (χ1v) is 10.3. The number of carbonyl (C=O) groups is 1. The predicted molar refractivity (Wildman–Crippen MR) is 96.2 cm³/mol. The van der Waals surface area contributed by atoms with Crippen LogP contribution < -0.4 is 5.32 Å². The largest absolute Gasteiger partial charge is 0.508 e. The van der Waals surface area contributed by atoms with E-state index < -0.39 is 16.1 Å². The molecule has 0 bridgehead atoms. The molecule has 9 heteroatoms. The van der Waals surface area contributed by atoms with E-state index in [4.69, 9.17) is 11.6 Å². The molecule has 1 aromatic carbocycles. The highest BCUT2D eigenvalue weighted by atomic mass is 35.5. The van der Waals surface area contributed by atoms with Crippen LogP contribution in [0.3, 0.4) is 0 Å². The Morgan fingerprint density at radius 3 is 2.64 bits per heavy atom. The number of hydrogen-bond donors (Lipinski definition) is 2. The van der Waals surface area contributed by atoms with Crippen molar-refractivity contribution < 1.29 is 18.3 Å². The van der Waals surface area contributed by atoms with E-state index in [0.29, 0.717) is 23.7 Å². The van der Waals surface area contributed by atoms with E-state index in [1.807, 2.05) is 0 Å². The van der Waals surface area contributed by atoms with Gasteiger partial charge in [-0.1, -0.05) is 23.7 Å². The lowest BCUT2D eigenvalue weighted by atomic mass is 10.2. The smallest absolute Gasteiger partial charge is 0.253 e. The molecule has 1 aromatic heterocycles. The van der Waals surface area contributed by atoms with Crippen LogP contribution in [0.15, 0.2) is 40.6 Å². The van der Waals surface area contributed by atoms with Crippen molar-refractivity contribution in [3.63, 3.8) is 0 Å². The van der Waals surface area contributed by atoms with Gasteiger partial charge in [-0.15, -0.1) is 11.3 Å². The van der Waals surface area contributed by atoms with Crippen LogP contribution >= 0.6 is 22.9 Å². The zero-order valence-electron chi connectivity index (χ0n) is 13.2. The van der Waals surface area contributed by atoms with Crippen molar-refractivity contribution in [3.8, 4) is 5.75 Å². The van der Waals surface area contributed by atoms with Crippen molar-refractivity contribution in [1.29, 1.82) is 0 Å². The number of rotatable bonds is 5. The maximum Gasteiger partial charge on any atom is 0.253 e. The number of benzene rings is 1. The van der Waals surface area contributed by atoms with Crippen LogP contribution in [-0.2, 0) is 21.4 Å². The molecule has 2 N–H and O–H groups in total. The van der Waals surface area contributed by atoms with Crippen molar-refractivity contribution in [2.45, 2.75) is 29.6 Å². The topological polar surface area (TPSA) is 86.7 Å². The highest BCUT2D eigenvalue weighted by Crippen LogP contribution is 2.32. The van der Waals surface area contributed by atoms with E-state index in [9.17, 15) is 18.3 Å². The molecule has 134 valence electrons. The second-order valence-corrected chi connectivity index (χ2v) is 9.55. The Hall–Kier alpha value is -1.61. The van der Waals surface area contributed by atoms with Crippen LogP contribution in [0.25, 0.3) is 0 Å². The van der Waals surface area contributed by atoms with Gasteiger partial charge in [-0.25, -0.2) is 8.42 Å². The van der Waals surface area contributed by atoms with Crippen molar-refractivity contribution in [1.82, 2.24) is 9.62 Å². The number of nitrogens with zero attached hydrogens (tertiary/aromatic N) is 1. The van der Waals surface area contributed by atoms with Crippen LogP contribution in [0.4, 0.5) is 0 Å². The van der Waals surface area contributed by atoms with Crippen LogP contribution in [0, 0.1) is 0 Å². The molecule has 1 fully saturated rings. The van der Waals surface area contributed by atoms with Gasteiger partial charge in [0, 0.05) is 13.1 Å². The molecule has 0 spiro atoms. The van der Waals surface area contributed by atoms with Crippen molar-refractivity contribution in [3.05, 3.63) is 46.3 Å². The van der Waals surface area contributed by atoms with Crippen LogP contribution in [0.2, 0.25) is 4.34 Å². The number of thiophene rings is 1. The molecule has 1 aliphatic heterocycles. The van der Waals surface area contributed by atoms with Gasteiger partial charge in [-0.05, 0) is 42.7 Å². The van der Waals surface area contributed by atoms with E-state index in [-0.39, 0.29) is 22.4 Å². The molecule has 1 aliphatic rings. The van der Waals surface area contributed by atoms with E-state index in [2.05, 4.69) is 5.32 Å². The minimum Gasteiger partial charge on any atom is -0.508 e. The van der Waals surface area contributed by atoms with Gasteiger partial charge in [0.25, 0.3) is 10.0 Å². The number of hydrogen-bond acceptors (Lipinski definition) is 5. The molecule has 0 saturated carbocycles. The molecule has 1 amide bonds. The van der Waals surface area contributed by atoms with Gasteiger partial charge >= 0.3 is 0 Å². The summed E-state index contributed by atoms with van der Waals surface area (Å²) < 4.78 is 27.3. The minimum absolute atomic E-state index is 0.149. The molecule has 0 aliphatic carbocycles. The fraction of sp³-hybridized carbons (Fsp3) is 0.312. The number of aromatic hydroxyl groups is 1. The summed E-state index contributed by atoms with van der Waals surface area (Å²) in [6.45, 7) is 0.587. The molecule has 0 unspecified atom stereocenters. The number of phenols is 1. The van der Waals surface area contributed by atoms with Gasteiger partial charge in [0.15, 0.2) is 0 Å². The standard InChI is InChI=1S/C16H17ClN2O4S2/c17-14-7-8-15(24-14)25(22,23)19-9-1-2-13(19)16(21)18-10-11-3-5-12(20)6-4-11/h3-8,13,20H,1-2,9-10H2,(H,18,21)/t13-/m0/s1. The fourth-order valence-electron chi connectivity index (χ4n) is 2.76. The first kappa shape index (κ1) is 18.2. The Morgan fingerprint density at radius 2 is 2.00 bits per heavy atom. The van der Waals surface area contributed by atoms with E-state index in [1.165, 1.54) is 28.6 Å². The summed E-state index contributed by atoms with van der Waals surface area (Å²) >= 11 is 6.83. The van der Waals surface area contributed by atoms with Crippen molar-refractivity contribution in [2.75, 3.05) is 6.54 Å². The Bertz CT molecular complexity index is 865. The Labute approximate surface area is 155 Å². The van der Waals surface area contributed by atoms with Gasteiger partial charge < -0.3 is 10.4 Å². The molecule has 2 heterocycles. The fourth-order valence-corrected chi connectivity index (χ4v) is 6.03. The zero-order chi connectivity index (χ0) is 18.0. The first-order valence-electron chi connectivity index (χ1n) is 7.71. The summed E-state index contributed by atoms with van der Waals surface area (Å²) in [6, 6.07) is 8.76. The van der Waals surface area contributed by atoms with E-state index >= 15 is 0 Å². The predicted octanol–water partition coefficient (Wildman–Crippen LogP) is 2.58. The lowest BCUT2D eigenvalue weighted by molar-refractivity contribution is -0.124. The van der Waals surface area contributed by atoms with Crippen molar-refractivity contribution in [2.24, 2.45) is 0 Å². The molecule has 1 saturated heterocycles. The summed E-state index contributed by atoms with van der Waals surface area (Å²) in [7, 11) is -3.73. The number of nitrogens with one attached hydrogen (secondary N) is 1. The monoisotopic (exact) mass is 400 g/mol. The highest BCUT2D eigenvalue weighted by molar-refractivity contribution is 7.91. The first-order chi connectivity index (χ1) is 11.9. The van der Waals surface area contributed by atoms with Gasteiger partial charge in [0.1, 0.15) is 16.0 Å². The number of amides is 1. The van der Waals surface area contributed by atoms with Gasteiger partial charge in [-0.3, -0.25) is 4.79 Å². The maximum absolute atomic E-state index is 12.7. The zero-order valence-corrected chi connectivity index (χ0v) is 15.6. The summed E-state index contributed by atoms with van der Waals surface area (Å²) in [6.07, 6.45) is 1.12. The number of sulfonamides is 1.